The van der Waals surface area contributed by atoms with Crippen molar-refractivity contribution in [3.05, 3.63) is 45.7 Å². The predicted molar refractivity (Wildman–Crippen MR) is 74.1 cm³/mol. The Morgan fingerprint density at radius 1 is 1.44 bits per heavy atom. The molecule has 0 aromatic carbocycles. The van der Waals surface area contributed by atoms with Gasteiger partial charge in [-0.25, -0.2) is 4.98 Å². The number of hydrogen-bond acceptors (Lipinski definition) is 4. The maximum atomic E-state index is 9.27. The van der Waals surface area contributed by atoms with Crippen molar-refractivity contribution in [1.29, 1.82) is 5.26 Å². The van der Waals surface area contributed by atoms with Crippen LogP contribution in [0.1, 0.15) is 21.1 Å². The van der Waals surface area contributed by atoms with Gasteiger partial charge in [0.15, 0.2) is 0 Å². The third kappa shape index (κ3) is 2.42. The number of aryl methyl sites for hydroxylation is 2. The van der Waals surface area contributed by atoms with E-state index in [-0.39, 0.29) is 0 Å². The van der Waals surface area contributed by atoms with Gasteiger partial charge < -0.3 is 0 Å². The van der Waals surface area contributed by atoms with Crippen molar-refractivity contribution in [2.45, 2.75) is 13.8 Å². The highest BCUT2D eigenvalue weighted by Crippen LogP contribution is 2.34. The Bertz CT molecular complexity index is 638. The fraction of sp³-hybridized carbons (Fsp3) is 0.154. The zero-order chi connectivity index (χ0) is 13.1. The molecule has 0 amide bonds. The van der Waals surface area contributed by atoms with Gasteiger partial charge in [-0.3, -0.25) is 4.98 Å². The molecule has 2 aromatic heterocycles. The highest BCUT2D eigenvalue weighted by Gasteiger charge is 2.14. The van der Waals surface area contributed by atoms with E-state index >= 15 is 0 Å². The Kier molecular flexibility index (Phi) is 3.75. The van der Waals surface area contributed by atoms with E-state index in [0.29, 0.717) is 10.6 Å². The van der Waals surface area contributed by atoms with Gasteiger partial charge in [0.25, 0.3) is 0 Å². The monoisotopic (exact) mass is 275 g/mol. The standard InChI is InChI=1S/C13H10ClN3S/c1-8-13(18-9(2)17-8)12(14)11(6-15)10-4-3-5-16-7-10/h3-5,7H,1-2H3/b12-11+. The molecule has 0 aliphatic rings. The van der Waals surface area contributed by atoms with E-state index in [1.54, 1.807) is 18.5 Å². The van der Waals surface area contributed by atoms with Crippen LogP contribution in [0.15, 0.2) is 24.5 Å². The molecular weight excluding hydrogens is 266 g/mol. The molecule has 0 aliphatic carbocycles. The molecule has 18 heavy (non-hydrogen) atoms. The Hall–Kier alpha value is -1.70. The van der Waals surface area contributed by atoms with E-state index in [9.17, 15) is 5.26 Å². The van der Waals surface area contributed by atoms with E-state index in [1.165, 1.54) is 11.3 Å². The van der Waals surface area contributed by atoms with Gasteiger partial charge in [0.1, 0.15) is 6.07 Å². The molecule has 0 saturated heterocycles. The summed E-state index contributed by atoms with van der Waals surface area (Å²) < 4.78 is 0. The molecule has 0 radical (unpaired) electrons. The van der Waals surface area contributed by atoms with Crippen LogP contribution in [0.2, 0.25) is 0 Å². The molecule has 0 unspecified atom stereocenters. The van der Waals surface area contributed by atoms with Crippen LogP contribution in [0.4, 0.5) is 0 Å². The summed E-state index contributed by atoms with van der Waals surface area (Å²) >= 11 is 7.81. The van der Waals surface area contributed by atoms with E-state index in [2.05, 4.69) is 16.0 Å². The topological polar surface area (TPSA) is 49.6 Å². The summed E-state index contributed by atoms with van der Waals surface area (Å²) in [5, 5.41) is 10.6. The Morgan fingerprint density at radius 3 is 2.72 bits per heavy atom. The minimum Gasteiger partial charge on any atom is -0.264 e. The van der Waals surface area contributed by atoms with Gasteiger partial charge in [-0.15, -0.1) is 11.3 Å². The smallest absolute Gasteiger partial charge is 0.101 e. The second-order valence-corrected chi connectivity index (χ2v) is 5.27. The van der Waals surface area contributed by atoms with E-state index < -0.39 is 0 Å². The minimum absolute atomic E-state index is 0.427. The number of rotatable bonds is 2. The number of hydrogen-bond donors (Lipinski definition) is 0. The van der Waals surface area contributed by atoms with E-state index in [1.807, 2.05) is 19.9 Å². The van der Waals surface area contributed by atoms with Crippen molar-refractivity contribution in [3.8, 4) is 6.07 Å². The van der Waals surface area contributed by atoms with Crippen molar-refractivity contribution < 1.29 is 0 Å². The van der Waals surface area contributed by atoms with Crippen molar-refractivity contribution in [2.75, 3.05) is 0 Å². The van der Waals surface area contributed by atoms with Gasteiger partial charge >= 0.3 is 0 Å². The maximum absolute atomic E-state index is 9.27. The number of thiazole rings is 1. The molecule has 90 valence electrons. The number of pyridine rings is 1. The van der Waals surface area contributed by atoms with Crippen LogP contribution in [0.3, 0.4) is 0 Å². The van der Waals surface area contributed by atoms with E-state index in [4.69, 9.17) is 11.6 Å². The Morgan fingerprint density at radius 2 is 2.22 bits per heavy atom. The van der Waals surface area contributed by atoms with Gasteiger partial charge in [-0.2, -0.15) is 5.26 Å². The average molecular weight is 276 g/mol. The summed E-state index contributed by atoms with van der Waals surface area (Å²) in [6.07, 6.45) is 3.29. The third-order valence-corrected chi connectivity index (χ3v) is 3.96. The highest BCUT2D eigenvalue weighted by atomic mass is 35.5. The lowest BCUT2D eigenvalue weighted by molar-refractivity contribution is 1.19. The van der Waals surface area contributed by atoms with Gasteiger partial charge in [-0.05, 0) is 19.9 Å². The van der Waals surface area contributed by atoms with Crippen LogP contribution in [-0.4, -0.2) is 9.97 Å². The molecule has 0 spiro atoms. The molecule has 0 N–H and O–H groups in total. The van der Waals surface area contributed by atoms with Crippen LogP contribution >= 0.6 is 22.9 Å². The molecule has 5 heteroatoms. The number of aromatic nitrogens is 2. The Balaban J connectivity index is 2.58. The summed E-state index contributed by atoms with van der Waals surface area (Å²) in [5.74, 6) is 0. The van der Waals surface area contributed by atoms with Crippen LogP contribution < -0.4 is 0 Å². The first-order valence-electron chi connectivity index (χ1n) is 5.28. The molecule has 0 aliphatic heterocycles. The van der Waals surface area contributed by atoms with Gasteiger partial charge in [0, 0.05) is 18.0 Å². The number of halogens is 1. The molecule has 2 heterocycles. The zero-order valence-electron chi connectivity index (χ0n) is 9.94. The SMILES string of the molecule is Cc1nc(C)c(/C(Cl)=C(/C#N)c2cccnc2)s1. The fourth-order valence-electron chi connectivity index (χ4n) is 1.60. The first-order valence-corrected chi connectivity index (χ1v) is 6.47. The van der Waals surface area contributed by atoms with Gasteiger partial charge in [-0.1, -0.05) is 17.7 Å². The lowest BCUT2D eigenvalue weighted by Gasteiger charge is -2.02. The molecule has 3 nitrogen and oxygen atoms in total. The quantitative estimate of drug-likeness (QED) is 0.784. The second-order valence-electron chi connectivity index (χ2n) is 3.69. The molecular formula is C13H10ClN3S. The summed E-state index contributed by atoms with van der Waals surface area (Å²) in [6, 6.07) is 5.74. The summed E-state index contributed by atoms with van der Waals surface area (Å²) in [4.78, 5) is 9.16. The van der Waals surface area contributed by atoms with Crippen LogP contribution in [0.5, 0.6) is 0 Å². The normalized spacial score (nSPS) is 11.9. The maximum Gasteiger partial charge on any atom is 0.101 e. The predicted octanol–water partition coefficient (Wildman–Crippen LogP) is 3.79. The number of nitriles is 1. The van der Waals surface area contributed by atoms with E-state index in [0.717, 1.165) is 21.1 Å². The largest absolute Gasteiger partial charge is 0.264 e. The first-order chi connectivity index (χ1) is 8.63. The highest BCUT2D eigenvalue weighted by molar-refractivity contribution is 7.13. The first kappa shape index (κ1) is 12.7. The summed E-state index contributed by atoms with van der Waals surface area (Å²) in [6.45, 7) is 3.81. The van der Waals surface area contributed by atoms with Crippen molar-refractivity contribution in [2.24, 2.45) is 0 Å². The molecule has 0 fully saturated rings. The van der Waals surface area contributed by atoms with Crippen molar-refractivity contribution in [3.63, 3.8) is 0 Å². The lowest BCUT2D eigenvalue weighted by Crippen LogP contribution is -1.87. The molecule has 2 aromatic rings. The molecule has 0 saturated carbocycles. The lowest BCUT2D eigenvalue weighted by atomic mass is 10.1. The second kappa shape index (κ2) is 5.30. The Labute approximate surface area is 114 Å². The molecule has 0 bridgehead atoms. The van der Waals surface area contributed by atoms with Crippen LogP contribution in [0.25, 0.3) is 10.6 Å². The van der Waals surface area contributed by atoms with Crippen LogP contribution in [0, 0.1) is 25.2 Å². The summed E-state index contributed by atoms with van der Waals surface area (Å²) in [5.41, 5.74) is 1.99. The average Bonchev–Trinajstić information content (AvgIpc) is 2.70. The zero-order valence-corrected chi connectivity index (χ0v) is 11.5. The summed E-state index contributed by atoms with van der Waals surface area (Å²) in [7, 11) is 0. The van der Waals surface area contributed by atoms with Gasteiger partial charge in [0.2, 0.25) is 0 Å². The van der Waals surface area contributed by atoms with Crippen LogP contribution in [-0.2, 0) is 0 Å². The molecule has 2 rings (SSSR count). The van der Waals surface area contributed by atoms with Crippen molar-refractivity contribution >= 4 is 33.5 Å². The fourth-order valence-corrected chi connectivity index (χ4v) is 2.87. The molecule has 0 atom stereocenters. The third-order valence-electron chi connectivity index (χ3n) is 2.38. The number of allylic oxidation sites excluding steroid dienone is 1. The van der Waals surface area contributed by atoms with Gasteiger partial charge in [0.05, 0.1) is 26.2 Å². The minimum atomic E-state index is 0.427. The van der Waals surface area contributed by atoms with Crippen molar-refractivity contribution in [1.82, 2.24) is 9.97 Å². The number of nitrogens with zero attached hydrogens (tertiary/aromatic N) is 3.